The number of carbonyl (C=O) groups excluding carboxylic acids is 1. The highest BCUT2D eigenvalue weighted by Gasteiger charge is 2.29. The lowest BCUT2D eigenvalue weighted by molar-refractivity contribution is 0.0770. The summed E-state index contributed by atoms with van der Waals surface area (Å²) in [5.74, 6) is -0.217. The predicted molar refractivity (Wildman–Crippen MR) is 84.7 cm³/mol. The Morgan fingerprint density at radius 2 is 2.12 bits per heavy atom. The quantitative estimate of drug-likeness (QED) is 0.859. The van der Waals surface area contributed by atoms with Crippen molar-refractivity contribution < 1.29 is 18.7 Å². The summed E-state index contributed by atoms with van der Waals surface area (Å²) in [5.41, 5.74) is 1.11. The number of rotatable bonds is 4. The highest BCUT2D eigenvalue weighted by atomic mass is 19.1. The fourth-order valence-electron chi connectivity index (χ4n) is 2.61. The molecule has 7 heteroatoms. The van der Waals surface area contributed by atoms with E-state index in [1.807, 2.05) is 13.0 Å². The largest absolute Gasteiger partial charge is 0.494 e. The van der Waals surface area contributed by atoms with Crippen LogP contribution in [0, 0.1) is 12.7 Å². The highest BCUT2D eigenvalue weighted by molar-refractivity contribution is 5.94. The van der Waals surface area contributed by atoms with Gasteiger partial charge in [0.2, 0.25) is 5.88 Å². The summed E-state index contributed by atoms with van der Waals surface area (Å²) in [6.45, 7) is 2.83. The molecule has 0 spiro atoms. The van der Waals surface area contributed by atoms with Crippen LogP contribution in [0.4, 0.5) is 4.39 Å². The maximum Gasteiger partial charge on any atom is 0.254 e. The number of hydrogen-bond acceptors (Lipinski definition) is 5. The molecule has 1 aliphatic rings. The van der Waals surface area contributed by atoms with Crippen molar-refractivity contribution in [3.05, 3.63) is 47.4 Å². The Bertz CT molecular complexity index is 736. The molecule has 24 heavy (non-hydrogen) atoms. The molecular formula is C17H18FN3O3. The molecule has 1 saturated heterocycles. The minimum Gasteiger partial charge on any atom is -0.494 e. The molecule has 1 aromatic heterocycles. The zero-order valence-electron chi connectivity index (χ0n) is 13.5. The van der Waals surface area contributed by atoms with Crippen molar-refractivity contribution in [2.75, 3.05) is 20.2 Å². The van der Waals surface area contributed by atoms with Crippen LogP contribution >= 0.6 is 0 Å². The molecule has 6 nitrogen and oxygen atoms in total. The number of carbonyl (C=O) groups is 1. The lowest BCUT2D eigenvalue weighted by atomic mass is 10.2. The summed E-state index contributed by atoms with van der Waals surface area (Å²) in [5, 5.41) is 7.90. The van der Waals surface area contributed by atoms with Gasteiger partial charge in [-0.2, -0.15) is 5.10 Å². The van der Waals surface area contributed by atoms with E-state index in [-0.39, 0.29) is 17.8 Å². The number of halogens is 1. The van der Waals surface area contributed by atoms with Crippen LogP contribution in [0.15, 0.2) is 30.3 Å². The molecule has 3 rings (SSSR count). The van der Waals surface area contributed by atoms with Crippen molar-refractivity contribution >= 4 is 5.91 Å². The molecule has 1 fully saturated rings. The lowest BCUT2D eigenvalue weighted by Gasteiger charge is -2.17. The molecule has 1 aromatic carbocycles. The molecule has 0 N–H and O–H groups in total. The second-order valence-corrected chi connectivity index (χ2v) is 5.64. The van der Waals surface area contributed by atoms with Crippen molar-refractivity contribution in [1.29, 1.82) is 0 Å². The number of benzene rings is 1. The number of methoxy groups -OCH3 is 1. The summed E-state index contributed by atoms with van der Waals surface area (Å²) >= 11 is 0. The van der Waals surface area contributed by atoms with E-state index >= 15 is 0 Å². The molecule has 1 aliphatic heterocycles. The number of amides is 1. The normalized spacial score (nSPS) is 17.0. The zero-order chi connectivity index (χ0) is 17.1. The first-order chi connectivity index (χ1) is 11.6. The molecular weight excluding hydrogens is 313 g/mol. The van der Waals surface area contributed by atoms with Crippen LogP contribution in [0.5, 0.6) is 11.6 Å². The van der Waals surface area contributed by atoms with Gasteiger partial charge in [0.25, 0.3) is 5.91 Å². The summed E-state index contributed by atoms with van der Waals surface area (Å²) in [6, 6.07) is 7.78. The van der Waals surface area contributed by atoms with Gasteiger partial charge in [-0.1, -0.05) is 0 Å². The smallest absolute Gasteiger partial charge is 0.254 e. The molecule has 126 valence electrons. The van der Waals surface area contributed by atoms with E-state index in [1.165, 1.54) is 19.2 Å². The van der Waals surface area contributed by atoms with E-state index in [4.69, 9.17) is 9.47 Å². The van der Waals surface area contributed by atoms with Gasteiger partial charge in [0.15, 0.2) is 11.6 Å². The van der Waals surface area contributed by atoms with Gasteiger partial charge in [0.05, 0.1) is 19.3 Å². The summed E-state index contributed by atoms with van der Waals surface area (Å²) < 4.78 is 24.4. The fraction of sp³-hybridized carbons (Fsp3) is 0.353. The van der Waals surface area contributed by atoms with Gasteiger partial charge >= 0.3 is 0 Å². The van der Waals surface area contributed by atoms with E-state index in [1.54, 1.807) is 17.0 Å². The molecule has 1 amide bonds. The minimum absolute atomic E-state index is 0.118. The second-order valence-electron chi connectivity index (χ2n) is 5.64. The molecule has 0 saturated carbocycles. The SMILES string of the molecule is COc1ccc(C(=O)N2CCC(Oc3ccc(C)nn3)C2)cc1F. The Kier molecular flexibility index (Phi) is 4.59. The van der Waals surface area contributed by atoms with Crippen molar-refractivity contribution in [3.63, 3.8) is 0 Å². The van der Waals surface area contributed by atoms with Gasteiger partial charge in [-0.15, -0.1) is 5.10 Å². The first-order valence-electron chi connectivity index (χ1n) is 7.66. The van der Waals surface area contributed by atoms with Gasteiger partial charge in [-0.05, 0) is 31.2 Å². The van der Waals surface area contributed by atoms with E-state index in [0.717, 1.165) is 5.69 Å². The average molecular weight is 331 g/mol. The van der Waals surface area contributed by atoms with Gasteiger partial charge in [0, 0.05) is 24.6 Å². The third-order valence-electron chi connectivity index (χ3n) is 3.89. The number of hydrogen-bond donors (Lipinski definition) is 0. The van der Waals surface area contributed by atoms with Gasteiger partial charge in [-0.3, -0.25) is 4.79 Å². The Morgan fingerprint density at radius 3 is 2.79 bits per heavy atom. The standard InChI is InChI=1S/C17H18FN3O3/c1-11-3-6-16(20-19-11)24-13-7-8-21(10-13)17(22)12-4-5-15(23-2)14(18)9-12/h3-6,9,13H,7-8,10H2,1-2H3. The van der Waals surface area contributed by atoms with E-state index < -0.39 is 5.82 Å². The molecule has 0 aliphatic carbocycles. The van der Waals surface area contributed by atoms with Gasteiger partial charge in [0.1, 0.15) is 6.10 Å². The van der Waals surface area contributed by atoms with Crippen LogP contribution < -0.4 is 9.47 Å². The minimum atomic E-state index is -0.551. The van der Waals surface area contributed by atoms with Crippen LogP contribution in [0.1, 0.15) is 22.5 Å². The second kappa shape index (κ2) is 6.82. The van der Waals surface area contributed by atoms with E-state index in [0.29, 0.717) is 31.0 Å². The Balaban J connectivity index is 1.63. The third kappa shape index (κ3) is 3.45. The van der Waals surface area contributed by atoms with Crippen molar-refractivity contribution in [1.82, 2.24) is 15.1 Å². The zero-order valence-corrected chi connectivity index (χ0v) is 13.5. The van der Waals surface area contributed by atoms with Crippen LogP contribution in [-0.2, 0) is 0 Å². The molecule has 1 unspecified atom stereocenters. The average Bonchev–Trinajstić information content (AvgIpc) is 3.04. The maximum atomic E-state index is 13.8. The monoisotopic (exact) mass is 331 g/mol. The summed E-state index contributed by atoms with van der Waals surface area (Å²) in [4.78, 5) is 14.1. The first-order valence-corrected chi connectivity index (χ1v) is 7.66. The van der Waals surface area contributed by atoms with Crippen molar-refractivity contribution in [2.45, 2.75) is 19.4 Å². The number of likely N-dealkylation sites (tertiary alicyclic amines) is 1. The number of aryl methyl sites for hydroxylation is 1. The lowest BCUT2D eigenvalue weighted by Crippen LogP contribution is -2.31. The van der Waals surface area contributed by atoms with Crippen LogP contribution in [0.2, 0.25) is 0 Å². The Labute approximate surface area is 139 Å². The molecule has 2 heterocycles. The summed E-state index contributed by atoms with van der Waals surface area (Å²) in [6.07, 6.45) is 0.550. The van der Waals surface area contributed by atoms with Crippen LogP contribution in [-0.4, -0.2) is 47.3 Å². The molecule has 2 aromatic rings. The number of aromatic nitrogens is 2. The van der Waals surface area contributed by atoms with E-state index in [9.17, 15) is 9.18 Å². The highest BCUT2D eigenvalue weighted by Crippen LogP contribution is 2.21. The van der Waals surface area contributed by atoms with Crippen molar-refractivity contribution in [3.8, 4) is 11.6 Å². The Hall–Kier alpha value is -2.70. The van der Waals surface area contributed by atoms with Crippen molar-refractivity contribution in [2.24, 2.45) is 0 Å². The van der Waals surface area contributed by atoms with Crippen LogP contribution in [0.3, 0.4) is 0 Å². The predicted octanol–water partition coefficient (Wildman–Crippen LogP) is 2.23. The summed E-state index contributed by atoms with van der Waals surface area (Å²) in [7, 11) is 1.39. The van der Waals surface area contributed by atoms with E-state index in [2.05, 4.69) is 10.2 Å². The third-order valence-corrected chi connectivity index (χ3v) is 3.89. The topological polar surface area (TPSA) is 64.5 Å². The van der Waals surface area contributed by atoms with Gasteiger partial charge in [-0.25, -0.2) is 4.39 Å². The molecule has 0 radical (unpaired) electrons. The number of nitrogens with zero attached hydrogens (tertiary/aromatic N) is 3. The molecule has 1 atom stereocenters. The Morgan fingerprint density at radius 1 is 1.29 bits per heavy atom. The van der Waals surface area contributed by atoms with Crippen LogP contribution in [0.25, 0.3) is 0 Å². The maximum absolute atomic E-state index is 13.8. The first kappa shape index (κ1) is 16.2. The fourth-order valence-corrected chi connectivity index (χ4v) is 2.61. The molecule has 0 bridgehead atoms. The van der Waals surface area contributed by atoms with Gasteiger partial charge < -0.3 is 14.4 Å². The number of ether oxygens (including phenoxy) is 2.